The number of benzene rings is 3. The summed E-state index contributed by atoms with van der Waals surface area (Å²) in [5, 5.41) is 21.2. The molecule has 6 heteroatoms. The summed E-state index contributed by atoms with van der Waals surface area (Å²) in [5.41, 5.74) is 11.5. The Morgan fingerprint density at radius 1 is 0.500 bits per heavy atom. The van der Waals surface area contributed by atoms with Crippen molar-refractivity contribution in [1.82, 2.24) is 0 Å². The number of anilines is 2. The van der Waals surface area contributed by atoms with Gasteiger partial charge in [-0.1, -0.05) is 79.7 Å². The second-order valence-electron chi connectivity index (χ2n) is 22.0. The van der Waals surface area contributed by atoms with Gasteiger partial charge in [-0.15, -0.1) is 0 Å². The maximum Gasteiger partial charge on any atom is 0.133 e. The predicted octanol–water partition coefficient (Wildman–Crippen LogP) is 12.5. The lowest BCUT2D eigenvalue weighted by Gasteiger charge is -2.49. The number of hydrogen-bond donors (Lipinski definition) is 0. The molecule has 0 fully saturated rings. The third-order valence-corrected chi connectivity index (χ3v) is 13.2. The molecule has 7 rings (SSSR count). The van der Waals surface area contributed by atoms with Crippen molar-refractivity contribution in [2.45, 2.75) is 155 Å². The van der Waals surface area contributed by atoms with E-state index in [0.29, 0.717) is 22.3 Å². The van der Waals surface area contributed by atoms with Gasteiger partial charge in [0.15, 0.2) is 0 Å². The summed E-state index contributed by atoms with van der Waals surface area (Å²) in [6, 6.07) is 13.3. The van der Waals surface area contributed by atoms with Crippen molar-refractivity contribution >= 4 is 35.7 Å². The van der Waals surface area contributed by atoms with Gasteiger partial charge in [0.1, 0.15) is 22.7 Å². The number of hydrogen-bond acceptors (Lipinski definition) is 6. The largest absolute Gasteiger partial charge is 0.487 e. The van der Waals surface area contributed by atoms with Gasteiger partial charge in [-0.05, 0) is 135 Å². The lowest BCUT2D eigenvalue weighted by molar-refractivity contribution is 0.126. The van der Waals surface area contributed by atoms with E-state index in [9.17, 15) is 10.5 Å². The fourth-order valence-electron chi connectivity index (χ4n) is 9.69. The molecule has 4 heterocycles. The van der Waals surface area contributed by atoms with E-state index in [1.54, 1.807) is 0 Å². The van der Waals surface area contributed by atoms with E-state index < -0.39 is 11.2 Å². The molecule has 0 aromatic heterocycles. The first-order valence-corrected chi connectivity index (χ1v) is 21.5. The van der Waals surface area contributed by atoms with E-state index >= 15 is 0 Å². The molecule has 3 aromatic rings. The van der Waals surface area contributed by atoms with Gasteiger partial charge in [0.25, 0.3) is 0 Å². The first-order chi connectivity index (χ1) is 26.9. The normalized spacial score (nSPS) is 20.0. The van der Waals surface area contributed by atoms with Crippen molar-refractivity contribution in [3.63, 3.8) is 0 Å². The van der Waals surface area contributed by atoms with Crippen LogP contribution in [-0.2, 0) is 21.7 Å². The number of rotatable bonds is 6. The van der Waals surface area contributed by atoms with Crippen LogP contribution in [0.1, 0.15) is 178 Å². The van der Waals surface area contributed by atoms with Crippen molar-refractivity contribution in [2.75, 3.05) is 36.0 Å². The van der Waals surface area contributed by atoms with Crippen LogP contribution >= 0.6 is 0 Å². The zero-order valence-corrected chi connectivity index (χ0v) is 37.9. The maximum atomic E-state index is 10.6. The van der Waals surface area contributed by atoms with Crippen molar-refractivity contribution in [1.29, 1.82) is 10.5 Å². The van der Waals surface area contributed by atoms with Gasteiger partial charge in [-0.25, -0.2) is 0 Å². The lowest BCUT2D eigenvalue weighted by Crippen LogP contribution is -2.45. The molecule has 0 atom stereocenters. The summed E-state index contributed by atoms with van der Waals surface area (Å²) in [7, 11) is 0. The third kappa shape index (κ3) is 7.54. The average molecular weight is 779 g/mol. The molecule has 0 unspecified atom stereocenters. The van der Waals surface area contributed by atoms with Crippen LogP contribution in [0, 0.1) is 22.7 Å². The number of nitrogens with zero attached hydrogens (tertiary/aromatic N) is 4. The topological polar surface area (TPSA) is 72.5 Å². The second-order valence-corrected chi connectivity index (χ2v) is 22.0. The number of ether oxygens (including phenoxy) is 2. The lowest BCUT2D eigenvalue weighted by atomic mass is 9.68. The quantitative estimate of drug-likeness (QED) is 0.232. The minimum Gasteiger partial charge on any atom is -0.487 e. The van der Waals surface area contributed by atoms with Gasteiger partial charge in [-0.2, -0.15) is 10.5 Å². The fourth-order valence-corrected chi connectivity index (χ4v) is 9.69. The van der Waals surface area contributed by atoms with Gasteiger partial charge < -0.3 is 19.3 Å². The van der Waals surface area contributed by atoms with Crippen LogP contribution in [0.25, 0.3) is 24.3 Å². The Balaban J connectivity index is 1.35. The molecule has 3 aromatic carbocycles. The Hall–Kier alpha value is -4.68. The summed E-state index contributed by atoms with van der Waals surface area (Å²) in [6.45, 7) is 35.6. The van der Waals surface area contributed by atoms with E-state index in [1.807, 2.05) is 24.3 Å². The molecule has 4 aliphatic heterocycles. The molecule has 4 aliphatic rings. The molecule has 0 amide bonds. The first-order valence-electron chi connectivity index (χ1n) is 21.5. The molecule has 0 radical (unpaired) electrons. The van der Waals surface area contributed by atoms with Gasteiger partial charge in [-0.3, -0.25) is 0 Å². The summed E-state index contributed by atoms with van der Waals surface area (Å²) < 4.78 is 13.8. The van der Waals surface area contributed by atoms with E-state index in [2.05, 4.69) is 143 Å². The van der Waals surface area contributed by atoms with E-state index in [0.717, 1.165) is 74.5 Å². The van der Waals surface area contributed by atoms with Crippen molar-refractivity contribution < 1.29 is 9.47 Å². The molecule has 0 N–H and O–H groups in total. The summed E-state index contributed by atoms with van der Waals surface area (Å²) in [5.74, 6) is 1.83. The monoisotopic (exact) mass is 779 g/mol. The van der Waals surface area contributed by atoms with Crippen LogP contribution in [-0.4, -0.2) is 37.4 Å². The molecule has 6 nitrogen and oxygen atoms in total. The highest BCUT2D eigenvalue weighted by Crippen LogP contribution is 2.56. The van der Waals surface area contributed by atoms with Gasteiger partial charge in [0.05, 0.1) is 23.3 Å². The van der Waals surface area contributed by atoms with Crippen LogP contribution < -0.4 is 19.3 Å². The van der Waals surface area contributed by atoms with E-state index in [4.69, 9.17) is 9.47 Å². The maximum absolute atomic E-state index is 10.6. The molecule has 0 bridgehead atoms. The summed E-state index contributed by atoms with van der Waals surface area (Å²) in [6.07, 6.45) is 12.5. The van der Waals surface area contributed by atoms with Crippen molar-refractivity contribution in [2.24, 2.45) is 0 Å². The average Bonchev–Trinajstić information content (AvgIpc) is 3.10. The molecular weight excluding hydrogens is 713 g/mol. The Kier molecular flexibility index (Phi) is 9.99. The minimum absolute atomic E-state index is 0.00902. The van der Waals surface area contributed by atoms with Crippen molar-refractivity contribution in [3.8, 4) is 23.6 Å². The first kappa shape index (κ1) is 41.5. The van der Waals surface area contributed by atoms with Gasteiger partial charge >= 0.3 is 0 Å². The molecule has 58 heavy (non-hydrogen) atoms. The zero-order valence-electron chi connectivity index (χ0n) is 37.9. The molecule has 0 saturated heterocycles. The second kappa shape index (κ2) is 14.0. The molecule has 0 aliphatic carbocycles. The van der Waals surface area contributed by atoms with E-state index in [1.165, 1.54) is 33.6 Å². The van der Waals surface area contributed by atoms with Gasteiger partial charge in [0, 0.05) is 59.8 Å². The molecule has 0 saturated carbocycles. The van der Waals surface area contributed by atoms with E-state index in [-0.39, 0.29) is 21.7 Å². The highest BCUT2D eigenvalue weighted by Gasteiger charge is 2.45. The summed E-state index contributed by atoms with van der Waals surface area (Å²) in [4.78, 5) is 5.13. The predicted molar refractivity (Wildman–Crippen MR) is 242 cm³/mol. The number of nitriles is 2. The SMILES string of the molecule is CC(C)(C)Oc1c(/C=C/c2cc(C#N)c(/C=C/c3cc4c5c(c3OC(C)(C)C)C(C)(C)CCN5CCC4(C)C)cc2C#N)cc2c3c1C(C)(C)CCN3CCC2(C)C. The van der Waals surface area contributed by atoms with Crippen LogP contribution in [0.2, 0.25) is 0 Å². The Morgan fingerprint density at radius 3 is 1.12 bits per heavy atom. The molecule has 0 spiro atoms. The van der Waals surface area contributed by atoms with Crippen LogP contribution in [0.15, 0.2) is 24.3 Å². The van der Waals surface area contributed by atoms with Crippen LogP contribution in [0.5, 0.6) is 11.5 Å². The minimum atomic E-state index is -0.409. The Bertz CT molecular complexity index is 2140. The smallest absolute Gasteiger partial charge is 0.133 e. The Morgan fingerprint density at radius 2 is 0.810 bits per heavy atom. The standard InChI is InChI=1S/C52H66N4O2/c1-47(2,3)57-45-35(29-39-43-41(45)51(11,12)21-25-55(43)23-19-49(39,7)8)17-15-33-27-38(32-54)34(28-37(33)31-53)16-18-36-30-40-44-42(46(36)58-48(4,5)6)52(13,14)22-26-56(44)24-20-50(40,9)10/h15-18,27-30H,19-26H2,1-14H3/b17-15+,18-16+. The zero-order chi connectivity index (χ0) is 42.4. The molecule has 306 valence electrons. The highest BCUT2D eigenvalue weighted by atomic mass is 16.5. The van der Waals surface area contributed by atoms with Gasteiger partial charge in [0.2, 0.25) is 0 Å². The summed E-state index contributed by atoms with van der Waals surface area (Å²) >= 11 is 0. The van der Waals surface area contributed by atoms with Crippen LogP contribution in [0.3, 0.4) is 0 Å². The Labute approximate surface area is 349 Å². The molecular formula is C52H66N4O2. The van der Waals surface area contributed by atoms with Crippen LogP contribution in [0.4, 0.5) is 11.4 Å². The van der Waals surface area contributed by atoms with Crippen molar-refractivity contribution in [3.05, 3.63) is 79.9 Å². The third-order valence-electron chi connectivity index (χ3n) is 13.2. The fraction of sp³-hybridized carbons (Fsp3) is 0.538. The highest BCUT2D eigenvalue weighted by molar-refractivity contribution is 5.85.